The van der Waals surface area contributed by atoms with E-state index >= 15 is 0 Å². The summed E-state index contributed by atoms with van der Waals surface area (Å²) >= 11 is 5.89. The van der Waals surface area contributed by atoms with Gasteiger partial charge in [-0.2, -0.15) is 35.3 Å². The highest BCUT2D eigenvalue weighted by Gasteiger charge is 1.93. The van der Waals surface area contributed by atoms with Crippen molar-refractivity contribution in [3.63, 3.8) is 0 Å². The van der Waals surface area contributed by atoms with E-state index in [4.69, 9.17) is 9.47 Å². The van der Waals surface area contributed by atoms with Crippen LogP contribution in [0.5, 0.6) is 0 Å². The van der Waals surface area contributed by atoms with E-state index in [9.17, 15) is 0 Å². The van der Waals surface area contributed by atoms with E-state index in [0.29, 0.717) is 0 Å². The molecule has 2 nitrogen and oxygen atoms in total. The van der Waals surface area contributed by atoms with Crippen molar-refractivity contribution in [1.82, 2.24) is 0 Å². The first-order valence-electron chi connectivity index (χ1n) is 5.60. The Labute approximate surface area is 118 Å². The summed E-state index contributed by atoms with van der Waals surface area (Å²) in [6.45, 7) is 8.56. The van der Waals surface area contributed by atoms with E-state index in [0.717, 1.165) is 24.7 Å². The van der Waals surface area contributed by atoms with Crippen LogP contribution in [0.3, 0.4) is 0 Å². The van der Waals surface area contributed by atoms with Crippen LogP contribution in [-0.4, -0.2) is 47.7 Å². The molecule has 5 heteroatoms. The van der Waals surface area contributed by atoms with Gasteiger partial charge in [-0.15, -0.1) is 0 Å². The number of rotatable bonds is 14. The van der Waals surface area contributed by atoms with E-state index in [1.807, 2.05) is 35.3 Å². The van der Waals surface area contributed by atoms with Crippen LogP contribution in [0.4, 0.5) is 0 Å². The molecule has 0 aromatic carbocycles. The molecule has 0 atom stereocenters. The van der Waals surface area contributed by atoms with Crippen LogP contribution in [-0.2, 0) is 9.47 Å². The summed E-state index contributed by atoms with van der Waals surface area (Å²) in [5.74, 6) is 6.97. The van der Waals surface area contributed by atoms with Gasteiger partial charge in [0.25, 0.3) is 0 Å². The lowest BCUT2D eigenvalue weighted by molar-refractivity contribution is 0.274. The van der Waals surface area contributed by atoms with Crippen LogP contribution in [0.25, 0.3) is 0 Å². The molecular formula is C12H22O2S3. The summed E-state index contributed by atoms with van der Waals surface area (Å²) in [6, 6.07) is 0. The molecule has 0 rings (SSSR count). The van der Waals surface area contributed by atoms with Gasteiger partial charge >= 0.3 is 0 Å². The number of thioether (sulfide) groups is 3. The standard InChI is InChI=1S/C12H22O2S3/c1-3-13-5-7-15-9-11-17-12-10-16-8-6-14-4-2/h3-4H,1-2,5-12H2. The molecule has 0 aromatic rings. The molecule has 0 saturated carbocycles. The fraction of sp³-hybridized carbons (Fsp3) is 0.667. The summed E-state index contributed by atoms with van der Waals surface area (Å²) in [5, 5.41) is 0. The highest BCUT2D eigenvalue weighted by atomic mass is 32.2. The van der Waals surface area contributed by atoms with Gasteiger partial charge in [-0.05, 0) is 0 Å². The molecule has 100 valence electrons. The van der Waals surface area contributed by atoms with Crippen molar-refractivity contribution in [2.24, 2.45) is 0 Å². The topological polar surface area (TPSA) is 18.5 Å². The van der Waals surface area contributed by atoms with Crippen LogP contribution in [0.15, 0.2) is 25.7 Å². The van der Waals surface area contributed by atoms with Gasteiger partial charge in [-0.3, -0.25) is 0 Å². The molecule has 0 heterocycles. The lowest BCUT2D eigenvalue weighted by atomic mass is 10.8. The highest BCUT2D eigenvalue weighted by Crippen LogP contribution is 2.10. The summed E-state index contributed by atoms with van der Waals surface area (Å²) < 4.78 is 10.1. The van der Waals surface area contributed by atoms with Crippen molar-refractivity contribution < 1.29 is 9.47 Å². The Kier molecular flexibility index (Phi) is 16.3. The fourth-order valence-electron chi connectivity index (χ4n) is 0.923. The van der Waals surface area contributed by atoms with Crippen LogP contribution in [0.1, 0.15) is 0 Å². The maximum atomic E-state index is 5.04. The van der Waals surface area contributed by atoms with Crippen LogP contribution in [0.2, 0.25) is 0 Å². The van der Waals surface area contributed by atoms with E-state index in [-0.39, 0.29) is 0 Å². The Balaban J connectivity index is 2.89. The summed E-state index contributed by atoms with van der Waals surface area (Å²) in [7, 11) is 0. The molecule has 0 aromatic heterocycles. The smallest absolute Gasteiger partial charge is 0.0963 e. The van der Waals surface area contributed by atoms with Crippen LogP contribution >= 0.6 is 35.3 Å². The molecule has 0 radical (unpaired) electrons. The summed E-state index contributed by atoms with van der Waals surface area (Å²) in [6.07, 6.45) is 3.01. The third kappa shape index (κ3) is 16.1. The average molecular weight is 295 g/mol. The van der Waals surface area contributed by atoms with E-state index in [2.05, 4.69) is 13.2 Å². The van der Waals surface area contributed by atoms with Crippen molar-refractivity contribution in [1.29, 1.82) is 0 Å². The minimum atomic E-state index is 0.776. The third-order valence-electron chi connectivity index (χ3n) is 1.67. The fourth-order valence-corrected chi connectivity index (χ4v) is 3.85. The molecule has 0 aliphatic carbocycles. The monoisotopic (exact) mass is 294 g/mol. The zero-order valence-electron chi connectivity index (χ0n) is 10.3. The highest BCUT2D eigenvalue weighted by molar-refractivity contribution is 8.04. The van der Waals surface area contributed by atoms with E-state index in [1.54, 1.807) is 0 Å². The molecule has 0 aliphatic rings. The molecule has 0 amide bonds. The Morgan fingerprint density at radius 3 is 1.35 bits per heavy atom. The molecule has 0 fully saturated rings. The maximum Gasteiger partial charge on any atom is 0.0963 e. The van der Waals surface area contributed by atoms with Crippen molar-refractivity contribution in [2.75, 3.05) is 47.7 Å². The molecule has 0 unspecified atom stereocenters. The van der Waals surface area contributed by atoms with Gasteiger partial charge < -0.3 is 9.47 Å². The minimum absolute atomic E-state index is 0.776. The zero-order chi connectivity index (χ0) is 12.6. The molecule has 0 saturated heterocycles. The SMILES string of the molecule is C=COCCSCCSCCSCCOC=C. The normalized spacial score (nSPS) is 9.88. The molecule has 0 aliphatic heterocycles. The van der Waals surface area contributed by atoms with Gasteiger partial charge in [0, 0.05) is 34.5 Å². The Morgan fingerprint density at radius 2 is 1.00 bits per heavy atom. The third-order valence-corrected chi connectivity index (χ3v) is 5.07. The predicted octanol–water partition coefficient (Wildman–Crippen LogP) is 3.51. The van der Waals surface area contributed by atoms with E-state index < -0.39 is 0 Å². The van der Waals surface area contributed by atoms with Crippen molar-refractivity contribution in [3.05, 3.63) is 25.7 Å². The van der Waals surface area contributed by atoms with Gasteiger partial charge in [0.2, 0.25) is 0 Å². The zero-order valence-corrected chi connectivity index (χ0v) is 12.7. The second kappa shape index (κ2) is 16.1. The van der Waals surface area contributed by atoms with E-state index in [1.165, 1.54) is 35.5 Å². The lowest BCUT2D eigenvalue weighted by Gasteiger charge is -2.03. The van der Waals surface area contributed by atoms with Gasteiger partial charge in [0.15, 0.2) is 0 Å². The predicted molar refractivity (Wildman–Crippen MR) is 84.3 cm³/mol. The number of hydrogen-bond acceptors (Lipinski definition) is 5. The number of hydrogen-bond donors (Lipinski definition) is 0. The van der Waals surface area contributed by atoms with Gasteiger partial charge in [-0.1, -0.05) is 13.2 Å². The second-order valence-electron chi connectivity index (χ2n) is 2.91. The molecule has 17 heavy (non-hydrogen) atoms. The Morgan fingerprint density at radius 1 is 0.647 bits per heavy atom. The summed E-state index contributed by atoms with van der Waals surface area (Å²) in [4.78, 5) is 0. The summed E-state index contributed by atoms with van der Waals surface area (Å²) in [5.41, 5.74) is 0. The van der Waals surface area contributed by atoms with Gasteiger partial charge in [0.05, 0.1) is 25.7 Å². The molecule has 0 N–H and O–H groups in total. The van der Waals surface area contributed by atoms with Crippen LogP contribution in [0, 0.1) is 0 Å². The Bertz CT molecular complexity index is 159. The first kappa shape index (κ1) is 17.1. The van der Waals surface area contributed by atoms with Crippen molar-refractivity contribution >= 4 is 35.3 Å². The molecular weight excluding hydrogens is 272 g/mol. The number of ether oxygens (including phenoxy) is 2. The molecule has 0 spiro atoms. The van der Waals surface area contributed by atoms with Gasteiger partial charge in [0.1, 0.15) is 0 Å². The lowest BCUT2D eigenvalue weighted by Crippen LogP contribution is -1.96. The van der Waals surface area contributed by atoms with Crippen LogP contribution < -0.4 is 0 Å². The van der Waals surface area contributed by atoms with Gasteiger partial charge in [-0.25, -0.2) is 0 Å². The average Bonchev–Trinajstić information content (AvgIpc) is 2.35. The van der Waals surface area contributed by atoms with Crippen molar-refractivity contribution in [3.8, 4) is 0 Å². The second-order valence-corrected chi connectivity index (χ2v) is 6.59. The molecule has 0 bridgehead atoms. The van der Waals surface area contributed by atoms with Crippen molar-refractivity contribution in [2.45, 2.75) is 0 Å². The minimum Gasteiger partial charge on any atom is -0.501 e. The Hall–Kier alpha value is 0.130. The first-order valence-corrected chi connectivity index (χ1v) is 9.06. The first-order chi connectivity index (χ1) is 8.41. The quantitative estimate of drug-likeness (QED) is 0.359. The maximum absolute atomic E-state index is 5.04. The largest absolute Gasteiger partial charge is 0.501 e.